The van der Waals surface area contributed by atoms with Crippen molar-refractivity contribution < 1.29 is 15.2 Å². The zero-order valence-corrected chi connectivity index (χ0v) is 11.5. The van der Waals surface area contributed by atoms with Gasteiger partial charge in [-0.15, -0.1) is 0 Å². The van der Waals surface area contributed by atoms with Crippen molar-refractivity contribution in [3.63, 3.8) is 0 Å². The van der Waals surface area contributed by atoms with Crippen molar-refractivity contribution in [2.75, 3.05) is 26.3 Å². The number of benzene rings is 1. The molecule has 0 atom stereocenters. The van der Waals surface area contributed by atoms with Gasteiger partial charge in [-0.05, 0) is 43.9 Å². The molecule has 0 amide bonds. The highest BCUT2D eigenvalue weighted by Crippen LogP contribution is 2.17. The van der Waals surface area contributed by atoms with Gasteiger partial charge in [-0.2, -0.15) is 0 Å². The largest absolute Gasteiger partial charge is 0.494 e. The Morgan fingerprint density at radius 3 is 2.72 bits per heavy atom. The van der Waals surface area contributed by atoms with Crippen LogP contribution in [0.5, 0.6) is 5.75 Å². The molecule has 1 aromatic carbocycles. The fourth-order valence-electron chi connectivity index (χ4n) is 1.73. The fourth-order valence-corrected chi connectivity index (χ4v) is 1.91. The minimum Gasteiger partial charge on any atom is -0.494 e. The monoisotopic (exact) mass is 272 g/mol. The van der Waals surface area contributed by atoms with Gasteiger partial charge in [-0.1, -0.05) is 17.7 Å². The van der Waals surface area contributed by atoms with E-state index in [0.717, 1.165) is 31.9 Å². The lowest BCUT2D eigenvalue weighted by molar-refractivity contribution is -0.656. The van der Waals surface area contributed by atoms with Gasteiger partial charge in [0.05, 0.1) is 26.3 Å². The van der Waals surface area contributed by atoms with E-state index in [9.17, 15) is 0 Å². The highest BCUT2D eigenvalue weighted by molar-refractivity contribution is 6.30. The van der Waals surface area contributed by atoms with E-state index in [4.69, 9.17) is 21.4 Å². The molecule has 0 bridgehead atoms. The number of unbranched alkanes of at least 4 members (excludes halogenated alkanes) is 3. The van der Waals surface area contributed by atoms with E-state index < -0.39 is 0 Å². The van der Waals surface area contributed by atoms with Crippen LogP contribution < -0.4 is 10.1 Å². The highest BCUT2D eigenvalue weighted by Gasteiger charge is 1.96. The summed E-state index contributed by atoms with van der Waals surface area (Å²) in [5, 5.41) is 11.5. The summed E-state index contributed by atoms with van der Waals surface area (Å²) < 4.78 is 5.61. The molecular weight excluding hydrogens is 250 g/mol. The summed E-state index contributed by atoms with van der Waals surface area (Å²) in [7, 11) is 0. The summed E-state index contributed by atoms with van der Waals surface area (Å²) in [5.41, 5.74) is 0. The van der Waals surface area contributed by atoms with Crippen LogP contribution >= 0.6 is 11.6 Å². The summed E-state index contributed by atoms with van der Waals surface area (Å²) in [6.45, 7) is 2.95. The lowest BCUT2D eigenvalue weighted by atomic mass is 10.2. The summed E-state index contributed by atoms with van der Waals surface area (Å²) >= 11 is 5.87. The van der Waals surface area contributed by atoms with Gasteiger partial charge >= 0.3 is 0 Å². The number of rotatable bonds is 10. The lowest BCUT2D eigenvalue weighted by Crippen LogP contribution is -2.85. The Kier molecular flexibility index (Phi) is 8.65. The van der Waals surface area contributed by atoms with Crippen LogP contribution in [0.2, 0.25) is 5.02 Å². The molecule has 0 unspecified atom stereocenters. The second-order valence-electron chi connectivity index (χ2n) is 4.31. The van der Waals surface area contributed by atoms with Crippen molar-refractivity contribution >= 4 is 11.6 Å². The van der Waals surface area contributed by atoms with E-state index in [1.54, 1.807) is 0 Å². The maximum atomic E-state index is 8.61. The molecule has 18 heavy (non-hydrogen) atoms. The molecule has 0 aliphatic carbocycles. The Hall–Kier alpha value is -0.770. The first-order valence-corrected chi connectivity index (χ1v) is 7.01. The summed E-state index contributed by atoms with van der Waals surface area (Å²) in [6.07, 6.45) is 4.69. The first kappa shape index (κ1) is 15.3. The number of nitrogens with two attached hydrogens (primary N) is 1. The minimum atomic E-state index is 0.271. The molecule has 0 saturated carbocycles. The molecule has 0 heterocycles. The number of hydrogen-bond acceptors (Lipinski definition) is 2. The van der Waals surface area contributed by atoms with Gasteiger partial charge in [-0.25, -0.2) is 0 Å². The Morgan fingerprint density at radius 2 is 1.94 bits per heavy atom. The maximum Gasteiger partial charge on any atom is 0.120 e. The SMILES string of the molecule is OCC[NH2+]CCCCCCOc1cccc(Cl)c1. The van der Waals surface area contributed by atoms with Gasteiger partial charge in [-0.3, -0.25) is 0 Å². The van der Waals surface area contributed by atoms with Gasteiger partial charge in [0.15, 0.2) is 0 Å². The number of halogens is 1. The van der Waals surface area contributed by atoms with Crippen molar-refractivity contribution in [1.82, 2.24) is 0 Å². The van der Waals surface area contributed by atoms with Crippen LogP contribution in [0.15, 0.2) is 24.3 Å². The molecule has 1 aromatic rings. The van der Waals surface area contributed by atoms with E-state index in [1.165, 1.54) is 19.3 Å². The van der Waals surface area contributed by atoms with Gasteiger partial charge in [0.2, 0.25) is 0 Å². The number of aliphatic hydroxyl groups is 1. The zero-order valence-electron chi connectivity index (χ0n) is 10.8. The molecule has 3 nitrogen and oxygen atoms in total. The lowest BCUT2D eigenvalue weighted by Gasteiger charge is -2.06. The molecule has 102 valence electrons. The molecule has 0 spiro atoms. The average Bonchev–Trinajstić information content (AvgIpc) is 2.37. The van der Waals surface area contributed by atoms with Crippen LogP contribution in [0, 0.1) is 0 Å². The van der Waals surface area contributed by atoms with Gasteiger partial charge < -0.3 is 15.2 Å². The quantitative estimate of drug-likeness (QED) is 0.639. The number of aliphatic hydroxyl groups excluding tert-OH is 1. The zero-order chi connectivity index (χ0) is 13.1. The molecule has 1 rings (SSSR count). The molecule has 0 fully saturated rings. The molecule has 0 radical (unpaired) electrons. The molecule has 0 saturated heterocycles. The van der Waals surface area contributed by atoms with Crippen molar-refractivity contribution in [2.24, 2.45) is 0 Å². The summed E-state index contributed by atoms with van der Waals surface area (Å²) in [6, 6.07) is 7.51. The Morgan fingerprint density at radius 1 is 1.11 bits per heavy atom. The van der Waals surface area contributed by atoms with Crippen LogP contribution in [0.3, 0.4) is 0 Å². The van der Waals surface area contributed by atoms with E-state index >= 15 is 0 Å². The molecule has 3 N–H and O–H groups in total. The predicted molar refractivity (Wildman–Crippen MR) is 74.2 cm³/mol. The minimum absolute atomic E-state index is 0.271. The van der Waals surface area contributed by atoms with Crippen LogP contribution in [-0.2, 0) is 0 Å². The molecule has 4 heteroatoms. The third-order valence-electron chi connectivity index (χ3n) is 2.70. The fraction of sp³-hybridized carbons (Fsp3) is 0.571. The Bertz CT molecular complexity index is 320. The number of hydrogen-bond donors (Lipinski definition) is 2. The second-order valence-corrected chi connectivity index (χ2v) is 4.75. The van der Waals surface area contributed by atoms with Crippen molar-refractivity contribution in [3.05, 3.63) is 29.3 Å². The predicted octanol–water partition coefficient (Wildman–Crippen LogP) is 1.83. The van der Waals surface area contributed by atoms with E-state index in [2.05, 4.69) is 5.32 Å². The van der Waals surface area contributed by atoms with Crippen LogP contribution in [0.25, 0.3) is 0 Å². The van der Waals surface area contributed by atoms with Gasteiger partial charge in [0, 0.05) is 5.02 Å². The molecule has 0 aliphatic heterocycles. The second kappa shape index (κ2) is 10.2. The van der Waals surface area contributed by atoms with Gasteiger partial charge in [0.25, 0.3) is 0 Å². The topological polar surface area (TPSA) is 46.1 Å². The van der Waals surface area contributed by atoms with Crippen LogP contribution in [0.1, 0.15) is 25.7 Å². The molecule has 0 aliphatic rings. The van der Waals surface area contributed by atoms with Crippen LogP contribution in [-0.4, -0.2) is 31.4 Å². The van der Waals surface area contributed by atoms with Crippen LogP contribution in [0.4, 0.5) is 0 Å². The first-order valence-electron chi connectivity index (χ1n) is 6.64. The van der Waals surface area contributed by atoms with E-state index in [-0.39, 0.29) is 6.61 Å². The number of ether oxygens (including phenoxy) is 1. The first-order chi connectivity index (χ1) is 8.83. The van der Waals surface area contributed by atoms with Crippen molar-refractivity contribution in [1.29, 1.82) is 0 Å². The standard InChI is InChI=1S/C14H22ClNO2/c15-13-6-5-7-14(12-13)18-11-4-2-1-3-8-16-9-10-17/h5-7,12,16-17H,1-4,8-11H2/p+1. The van der Waals surface area contributed by atoms with Gasteiger partial charge in [0.1, 0.15) is 5.75 Å². The summed E-state index contributed by atoms with van der Waals surface area (Å²) in [5.74, 6) is 0.846. The normalized spacial score (nSPS) is 10.6. The maximum absolute atomic E-state index is 8.61. The van der Waals surface area contributed by atoms with E-state index in [1.807, 2.05) is 24.3 Å². The smallest absolute Gasteiger partial charge is 0.120 e. The third kappa shape index (κ3) is 7.54. The molecule has 0 aromatic heterocycles. The van der Waals surface area contributed by atoms with E-state index in [0.29, 0.717) is 5.02 Å². The number of quaternary nitrogens is 1. The van der Waals surface area contributed by atoms with Crippen molar-refractivity contribution in [2.45, 2.75) is 25.7 Å². The Labute approximate surface area is 114 Å². The Balaban J connectivity index is 1.92. The van der Waals surface area contributed by atoms with Crippen molar-refractivity contribution in [3.8, 4) is 5.75 Å². The highest BCUT2D eigenvalue weighted by atomic mass is 35.5. The third-order valence-corrected chi connectivity index (χ3v) is 2.94. The molecular formula is C14H23ClNO2+. The summed E-state index contributed by atoms with van der Waals surface area (Å²) in [4.78, 5) is 0. The average molecular weight is 273 g/mol.